The molecule has 0 radical (unpaired) electrons. The zero-order chi connectivity index (χ0) is 19.3. The van der Waals surface area contributed by atoms with Crippen molar-refractivity contribution in [3.8, 4) is 5.75 Å². The van der Waals surface area contributed by atoms with Gasteiger partial charge in [-0.15, -0.1) is 0 Å². The first-order valence-electron chi connectivity index (χ1n) is 8.02. The Morgan fingerprint density at radius 2 is 1.85 bits per heavy atom. The quantitative estimate of drug-likeness (QED) is 0.471. The zero-order valence-corrected chi connectivity index (χ0v) is 14.8. The second-order valence-electron chi connectivity index (χ2n) is 5.72. The van der Waals surface area contributed by atoms with Crippen molar-refractivity contribution >= 4 is 17.8 Å². The van der Waals surface area contributed by atoms with Gasteiger partial charge >= 0.3 is 6.18 Å². The molecule has 0 atom stereocenters. The van der Waals surface area contributed by atoms with E-state index in [-0.39, 0.29) is 11.6 Å². The lowest BCUT2D eigenvalue weighted by Gasteiger charge is -2.12. The van der Waals surface area contributed by atoms with Gasteiger partial charge in [-0.3, -0.25) is 4.99 Å². The summed E-state index contributed by atoms with van der Waals surface area (Å²) >= 11 is 5.61. The molecule has 7 heteroatoms. The minimum Gasteiger partial charge on any atom is -0.489 e. The third-order valence-electron chi connectivity index (χ3n) is 3.69. The van der Waals surface area contributed by atoms with Gasteiger partial charge in [0.1, 0.15) is 18.1 Å². The maximum atomic E-state index is 12.9. The third-order valence-corrected chi connectivity index (χ3v) is 4.02. The van der Waals surface area contributed by atoms with Crippen LogP contribution in [0.5, 0.6) is 5.75 Å². The Kier molecular flexibility index (Phi) is 5.86. The molecule has 0 amide bonds. The van der Waals surface area contributed by atoms with Gasteiger partial charge in [-0.1, -0.05) is 17.7 Å². The highest BCUT2D eigenvalue weighted by Crippen LogP contribution is 2.35. The molecule has 3 aromatic rings. The molecule has 0 spiro atoms. The monoisotopic (exact) mass is 393 g/mol. The predicted octanol–water partition coefficient (Wildman–Crippen LogP) is 6.15. The number of halogens is 4. The van der Waals surface area contributed by atoms with Gasteiger partial charge in [-0.05, 0) is 59.7 Å². The first kappa shape index (κ1) is 19.0. The Morgan fingerprint density at radius 3 is 2.52 bits per heavy atom. The van der Waals surface area contributed by atoms with Crippen LogP contribution >= 0.6 is 11.6 Å². The SMILES string of the molecule is FC(F)(F)c1cc(COc2ccc(C=NCc3ccco3)cc2)ccc1Cl. The Hall–Kier alpha value is -2.73. The second-order valence-corrected chi connectivity index (χ2v) is 6.13. The topological polar surface area (TPSA) is 34.7 Å². The lowest BCUT2D eigenvalue weighted by atomic mass is 10.1. The molecule has 0 aliphatic carbocycles. The summed E-state index contributed by atoms with van der Waals surface area (Å²) in [5, 5.41) is -0.329. The normalized spacial score (nSPS) is 11.9. The van der Waals surface area contributed by atoms with Crippen LogP contribution in [-0.2, 0) is 19.3 Å². The van der Waals surface area contributed by atoms with E-state index in [2.05, 4.69) is 4.99 Å². The van der Waals surface area contributed by atoms with E-state index in [0.717, 1.165) is 17.4 Å². The smallest absolute Gasteiger partial charge is 0.417 e. The first-order valence-corrected chi connectivity index (χ1v) is 8.40. The summed E-state index contributed by atoms with van der Waals surface area (Å²) in [5.74, 6) is 1.31. The summed E-state index contributed by atoms with van der Waals surface area (Å²) in [6.45, 7) is 0.454. The maximum Gasteiger partial charge on any atom is 0.417 e. The van der Waals surface area contributed by atoms with Crippen LogP contribution in [0.4, 0.5) is 13.2 Å². The highest BCUT2D eigenvalue weighted by molar-refractivity contribution is 6.31. The maximum absolute atomic E-state index is 12.9. The minimum absolute atomic E-state index is 0.00613. The van der Waals surface area contributed by atoms with Crippen LogP contribution in [0.1, 0.15) is 22.5 Å². The van der Waals surface area contributed by atoms with Gasteiger partial charge in [0.05, 0.1) is 23.4 Å². The molecule has 0 bridgehead atoms. The first-order chi connectivity index (χ1) is 12.9. The number of ether oxygens (including phenoxy) is 1. The van der Waals surface area contributed by atoms with Gasteiger partial charge in [0.25, 0.3) is 0 Å². The largest absolute Gasteiger partial charge is 0.489 e. The van der Waals surface area contributed by atoms with E-state index in [1.54, 1.807) is 30.7 Å². The minimum atomic E-state index is -4.50. The lowest BCUT2D eigenvalue weighted by molar-refractivity contribution is -0.137. The number of hydrogen-bond donors (Lipinski definition) is 0. The number of furan rings is 1. The molecule has 3 rings (SSSR count). The van der Waals surface area contributed by atoms with Crippen molar-refractivity contribution < 1.29 is 22.3 Å². The molecule has 0 saturated carbocycles. The fraction of sp³-hybridized carbons (Fsp3) is 0.150. The molecule has 1 heterocycles. The predicted molar refractivity (Wildman–Crippen MR) is 97.2 cm³/mol. The molecule has 0 saturated heterocycles. The van der Waals surface area contributed by atoms with Gasteiger partial charge in [-0.2, -0.15) is 13.2 Å². The number of aliphatic imine (C=N–C) groups is 1. The Bertz CT molecular complexity index is 904. The fourth-order valence-corrected chi connectivity index (χ4v) is 2.56. The van der Waals surface area contributed by atoms with E-state index in [1.165, 1.54) is 12.1 Å². The molecule has 1 aromatic heterocycles. The van der Waals surface area contributed by atoms with Crippen molar-refractivity contribution in [1.29, 1.82) is 0 Å². The molecule has 140 valence electrons. The van der Waals surface area contributed by atoms with E-state index in [4.69, 9.17) is 20.8 Å². The average Bonchev–Trinajstić information content (AvgIpc) is 3.14. The highest BCUT2D eigenvalue weighted by Gasteiger charge is 2.33. The van der Waals surface area contributed by atoms with Crippen molar-refractivity contribution in [3.63, 3.8) is 0 Å². The number of hydrogen-bond acceptors (Lipinski definition) is 3. The standard InChI is InChI=1S/C20H15ClF3NO2/c21-19-8-5-15(10-18(19)20(22,23)24)13-27-16-6-3-14(4-7-16)11-25-12-17-2-1-9-26-17/h1-11H,12-13H2. The Balaban J connectivity index is 1.58. The lowest BCUT2D eigenvalue weighted by Crippen LogP contribution is -2.07. The van der Waals surface area contributed by atoms with Gasteiger partial charge in [0.2, 0.25) is 0 Å². The summed E-state index contributed by atoms with van der Waals surface area (Å²) < 4.78 is 49.4. The van der Waals surface area contributed by atoms with Crippen molar-refractivity contribution in [1.82, 2.24) is 0 Å². The molecule has 0 fully saturated rings. The third kappa shape index (κ3) is 5.37. The van der Waals surface area contributed by atoms with Crippen molar-refractivity contribution in [2.45, 2.75) is 19.3 Å². The van der Waals surface area contributed by atoms with Crippen LogP contribution in [0, 0.1) is 0 Å². The van der Waals surface area contributed by atoms with E-state index >= 15 is 0 Å². The van der Waals surface area contributed by atoms with Crippen LogP contribution in [-0.4, -0.2) is 6.21 Å². The molecule has 0 aliphatic rings. The number of alkyl halides is 3. The van der Waals surface area contributed by atoms with Crippen LogP contribution in [0.15, 0.2) is 70.3 Å². The summed E-state index contributed by atoms with van der Waals surface area (Å²) in [7, 11) is 0. The molecule has 27 heavy (non-hydrogen) atoms. The molecular formula is C20H15ClF3NO2. The molecule has 0 N–H and O–H groups in total. The van der Waals surface area contributed by atoms with Crippen molar-refractivity contribution in [2.24, 2.45) is 4.99 Å². The van der Waals surface area contributed by atoms with E-state index in [1.807, 2.05) is 18.2 Å². The number of nitrogens with zero attached hydrogens (tertiary/aromatic N) is 1. The van der Waals surface area contributed by atoms with Gasteiger partial charge in [-0.25, -0.2) is 0 Å². The van der Waals surface area contributed by atoms with Crippen molar-refractivity contribution in [2.75, 3.05) is 0 Å². The molecule has 2 aromatic carbocycles. The van der Waals surface area contributed by atoms with Gasteiger partial charge in [0.15, 0.2) is 0 Å². The molecule has 0 aliphatic heterocycles. The zero-order valence-electron chi connectivity index (χ0n) is 14.0. The second kappa shape index (κ2) is 8.31. The van der Waals surface area contributed by atoms with Crippen LogP contribution in [0.2, 0.25) is 5.02 Å². The number of benzene rings is 2. The van der Waals surface area contributed by atoms with E-state index in [0.29, 0.717) is 17.9 Å². The summed E-state index contributed by atoms with van der Waals surface area (Å²) in [4.78, 5) is 4.27. The average molecular weight is 394 g/mol. The highest BCUT2D eigenvalue weighted by atomic mass is 35.5. The Labute approximate surface area is 159 Å². The van der Waals surface area contributed by atoms with E-state index in [9.17, 15) is 13.2 Å². The molecular weight excluding hydrogens is 379 g/mol. The Morgan fingerprint density at radius 1 is 1.07 bits per heavy atom. The summed E-state index contributed by atoms with van der Waals surface area (Å²) in [6, 6.07) is 14.5. The summed E-state index contributed by atoms with van der Waals surface area (Å²) in [6.07, 6.45) is -1.19. The van der Waals surface area contributed by atoms with Gasteiger partial charge in [0, 0.05) is 6.21 Å². The van der Waals surface area contributed by atoms with Gasteiger partial charge < -0.3 is 9.15 Å². The molecule has 0 unspecified atom stereocenters. The van der Waals surface area contributed by atoms with Crippen LogP contribution < -0.4 is 4.74 Å². The summed E-state index contributed by atoms with van der Waals surface area (Å²) in [5.41, 5.74) is 0.393. The number of rotatable bonds is 6. The van der Waals surface area contributed by atoms with Crippen LogP contribution in [0.25, 0.3) is 0 Å². The van der Waals surface area contributed by atoms with E-state index < -0.39 is 11.7 Å². The fourth-order valence-electron chi connectivity index (χ4n) is 2.34. The van der Waals surface area contributed by atoms with Crippen LogP contribution in [0.3, 0.4) is 0 Å². The van der Waals surface area contributed by atoms with Crippen molar-refractivity contribution in [3.05, 3.63) is 88.3 Å². The molecule has 3 nitrogen and oxygen atoms in total.